The van der Waals surface area contributed by atoms with Crippen LogP contribution in [-0.4, -0.2) is 6.04 Å². The fourth-order valence-corrected chi connectivity index (χ4v) is 2.10. The van der Waals surface area contributed by atoms with Gasteiger partial charge in [-0.1, -0.05) is 38.7 Å². The molecule has 0 bridgehead atoms. The maximum atomic E-state index is 6.11. The van der Waals surface area contributed by atoms with Gasteiger partial charge in [0.15, 0.2) is 12.4 Å². The molecule has 0 saturated heterocycles. The second-order valence-electron chi connectivity index (χ2n) is 4.86. The Labute approximate surface area is 122 Å². The summed E-state index contributed by atoms with van der Waals surface area (Å²) in [4.78, 5) is 0. The zero-order valence-electron chi connectivity index (χ0n) is 11.5. The zero-order valence-corrected chi connectivity index (χ0v) is 13.1. The van der Waals surface area contributed by atoms with E-state index in [1.54, 1.807) is 0 Å². The van der Waals surface area contributed by atoms with Crippen LogP contribution in [0.3, 0.4) is 0 Å². The highest BCUT2D eigenvalue weighted by Gasteiger charge is 2.04. The molecule has 1 heterocycles. The number of aromatic nitrogens is 1. The van der Waals surface area contributed by atoms with Gasteiger partial charge in [-0.15, -0.1) is 0 Å². The fourth-order valence-electron chi connectivity index (χ4n) is 2.10. The maximum absolute atomic E-state index is 6.11. The first-order valence-corrected chi connectivity index (χ1v) is 7.02. The zero-order chi connectivity index (χ0) is 12.3. The average molecular weight is 315 g/mol. The van der Waals surface area contributed by atoms with E-state index in [2.05, 4.69) is 42.1 Å². The first-order valence-electron chi connectivity index (χ1n) is 7.02. The number of hydrogen-bond acceptors (Lipinski definition) is 1. The van der Waals surface area contributed by atoms with Crippen molar-refractivity contribution in [3.05, 3.63) is 30.6 Å². The van der Waals surface area contributed by atoms with Gasteiger partial charge in [-0.05, 0) is 12.8 Å². The van der Waals surface area contributed by atoms with Crippen LogP contribution >= 0.6 is 0 Å². The number of halogens is 1. The van der Waals surface area contributed by atoms with Crippen molar-refractivity contribution in [2.75, 3.05) is 0 Å². The first-order chi connectivity index (χ1) is 8.33. The molecule has 0 saturated carbocycles. The Morgan fingerprint density at radius 3 is 2.28 bits per heavy atom. The second kappa shape index (κ2) is 11.7. The number of rotatable bonds is 9. The molecule has 2 N–H and O–H groups in total. The lowest BCUT2D eigenvalue weighted by Crippen LogP contribution is -3.00. The molecular weight excluding hydrogens is 288 g/mol. The van der Waals surface area contributed by atoms with E-state index in [4.69, 9.17) is 5.73 Å². The van der Waals surface area contributed by atoms with Crippen LogP contribution in [0.4, 0.5) is 0 Å². The van der Waals surface area contributed by atoms with E-state index in [1.807, 2.05) is 0 Å². The fraction of sp³-hybridized carbons (Fsp3) is 0.667. The molecule has 1 aromatic rings. The lowest BCUT2D eigenvalue weighted by Gasteiger charge is -2.09. The van der Waals surface area contributed by atoms with Crippen LogP contribution in [0.1, 0.15) is 51.9 Å². The van der Waals surface area contributed by atoms with Gasteiger partial charge in [-0.3, -0.25) is 0 Å². The second-order valence-corrected chi connectivity index (χ2v) is 4.86. The minimum atomic E-state index is 0. The van der Waals surface area contributed by atoms with Gasteiger partial charge in [0.1, 0.15) is 6.54 Å². The highest BCUT2D eigenvalue weighted by molar-refractivity contribution is 4.83. The van der Waals surface area contributed by atoms with Crippen LogP contribution in [0, 0.1) is 0 Å². The Morgan fingerprint density at radius 1 is 0.944 bits per heavy atom. The maximum Gasteiger partial charge on any atom is 0.168 e. The van der Waals surface area contributed by atoms with Gasteiger partial charge in [-0.25, -0.2) is 4.57 Å². The molecule has 0 fully saturated rings. The molecule has 0 radical (unpaired) electrons. The average Bonchev–Trinajstić information content (AvgIpc) is 2.36. The van der Waals surface area contributed by atoms with Crippen molar-refractivity contribution in [3.63, 3.8) is 0 Å². The third kappa shape index (κ3) is 8.65. The van der Waals surface area contributed by atoms with E-state index in [0.717, 1.165) is 13.0 Å². The van der Waals surface area contributed by atoms with Gasteiger partial charge in [0, 0.05) is 24.6 Å². The van der Waals surface area contributed by atoms with E-state index < -0.39 is 0 Å². The summed E-state index contributed by atoms with van der Waals surface area (Å²) in [5.41, 5.74) is 6.11. The highest BCUT2D eigenvalue weighted by atomic mass is 79.9. The van der Waals surface area contributed by atoms with Crippen molar-refractivity contribution in [2.45, 2.75) is 64.5 Å². The van der Waals surface area contributed by atoms with Crippen LogP contribution < -0.4 is 27.3 Å². The first kappa shape index (κ1) is 17.6. The molecule has 0 aliphatic heterocycles. The molecule has 18 heavy (non-hydrogen) atoms. The molecule has 0 aromatic carbocycles. The summed E-state index contributed by atoms with van der Waals surface area (Å²) < 4.78 is 2.23. The van der Waals surface area contributed by atoms with E-state index >= 15 is 0 Å². The van der Waals surface area contributed by atoms with Crippen LogP contribution in [0.5, 0.6) is 0 Å². The monoisotopic (exact) mass is 314 g/mol. The lowest BCUT2D eigenvalue weighted by molar-refractivity contribution is -0.697. The molecule has 1 aromatic heterocycles. The highest BCUT2D eigenvalue weighted by Crippen LogP contribution is 2.07. The normalized spacial score (nSPS) is 11.9. The standard InChI is InChI=1S/C15H27N2.BrH/c1-2-3-4-6-10-15(16)11-9-14-17-12-7-5-8-13-17;/h5,7-8,12-13,15H,2-4,6,9-11,14,16H2,1H3;1H/q+1;/p-1. The molecule has 1 rings (SSSR count). The van der Waals surface area contributed by atoms with E-state index in [0.29, 0.717) is 6.04 Å². The van der Waals surface area contributed by atoms with Gasteiger partial charge in [0.25, 0.3) is 0 Å². The van der Waals surface area contributed by atoms with Gasteiger partial charge in [0.05, 0.1) is 0 Å². The minimum Gasteiger partial charge on any atom is -1.00 e. The number of nitrogens with zero attached hydrogens (tertiary/aromatic N) is 1. The lowest BCUT2D eigenvalue weighted by atomic mass is 10.0. The predicted octanol–water partition coefficient (Wildman–Crippen LogP) is 0.0560. The van der Waals surface area contributed by atoms with Crippen LogP contribution in [0.2, 0.25) is 0 Å². The molecule has 2 nitrogen and oxygen atoms in total. The Bertz CT molecular complexity index is 277. The smallest absolute Gasteiger partial charge is 0.168 e. The molecule has 0 spiro atoms. The molecule has 0 amide bonds. The summed E-state index contributed by atoms with van der Waals surface area (Å²) in [5.74, 6) is 0. The van der Waals surface area contributed by atoms with E-state index in [9.17, 15) is 0 Å². The Hall–Kier alpha value is -0.410. The summed E-state index contributed by atoms with van der Waals surface area (Å²) in [6.45, 7) is 3.33. The number of aryl methyl sites for hydroxylation is 1. The SMILES string of the molecule is CCCCCCC(N)CCC[n+]1ccccc1.[Br-]. The number of hydrogen-bond donors (Lipinski definition) is 1. The Balaban J connectivity index is 0.00000289. The summed E-state index contributed by atoms with van der Waals surface area (Å²) in [6, 6.07) is 6.60. The van der Waals surface area contributed by atoms with Crippen molar-refractivity contribution in [2.24, 2.45) is 5.73 Å². The van der Waals surface area contributed by atoms with Gasteiger partial charge in [-0.2, -0.15) is 0 Å². The molecule has 0 aliphatic carbocycles. The third-order valence-corrected chi connectivity index (χ3v) is 3.20. The number of nitrogens with two attached hydrogens (primary N) is 1. The summed E-state index contributed by atoms with van der Waals surface area (Å²) >= 11 is 0. The summed E-state index contributed by atoms with van der Waals surface area (Å²) in [7, 11) is 0. The molecule has 0 aliphatic rings. The third-order valence-electron chi connectivity index (χ3n) is 3.20. The van der Waals surface area contributed by atoms with Gasteiger partial charge >= 0.3 is 0 Å². The summed E-state index contributed by atoms with van der Waals surface area (Å²) in [6.07, 6.45) is 13.1. The van der Waals surface area contributed by atoms with Crippen LogP contribution in [0.25, 0.3) is 0 Å². The van der Waals surface area contributed by atoms with Crippen molar-refractivity contribution in [1.82, 2.24) is 0 Å². The van der Waals surface area contributed by atoms with Crippen molar-refractivity contribution in [3.8, 4) is 0 Å². The van der Waals surface area contributed by atoms with E-state index in [-0.39, 0.29) is 17.0 Å². The Morgan fingerprint density at radius 2 is 1.61 bits per heavy atom. The van der Waals surface area contributed by atoms with Gasteiger partial charge in [0.2, 0.25) is 0 Å². The topological polar surface area (TPSA) is 29.9 Å². The summed E-state index contributed by atoms with van der Waals surface area (Å²) in [5, 5.41) is 0. The molecule has 3 heteroatoms. The Kier molecular flexibility index (Phi) is 11.4. The van der Waals surface area contributed by atoms with Crippen LogP contribution in [0.15, 0.2) is 30.6 Å². The minimum absolute atomic E-state index is 0. The molecular formula is C15H27BrN2. The molecule has 1 atom stereocenters. The van der Waals surface area contributed by atoms with Crippen molar-refractivity contribution in [1.29, 1.82) is 0 Å². The molecule has 104 valence electrons. The van der Waals surface area contributed by atoms with Crippen LogP contribution in [-0.2, 0) is 6.54 Å². The van der Waals surface area contributed by atoms with Crippen molar-refractivity contribution < 1.29 is 21.5 Å². The number of pyridine rings is 1. The van der Waals surface area contributed by atoms with Gasteiger partial charge < -0.3 is 22.7 Å². The molecule has 1 unspecified atom stereocenters. The quantitative estimate of drug-likeness (QED) is 0.507. The van der Waals surface area contributed by atoms with E-state index in [1.165, 1.54) is 38.5 Å². The predicted molar refractivity (Wildman–Crippen MR) is 72.6 cm³/mol. The number of unbranched alkanes of at least 4 members (excludes halogenated alkanes) is 3. The van der Waals surface area contributed by atoms with Crippen molar-refractivity contribution >= 4 is 0 Å². The largest absolute Gasteiger partial charge is 1.00 e.